The van der Waals surface area contributed by atoms with Crippen molar-refractivity contribution in [2.75, 3.05) is 27.2 Å². The van der Waals surface area contributed by atoms with E-state index in [1.807, 2.05) is 0 Å². The Bertz CT molecular complexity index is 242. The highest BCUT2D eigenvalue weighted by atomic mass is 31.2. The number of unbranched alkanes of at least 4 members (excludes halogenated alkanes) is 5. The average Bonchev–Trinajstić information content (AvgIpc) is 2.22. The van der Waals surface area contributed by atoms with Gasteiger partial charge in [0.05, 0.1) is 27.2 Å². The summed E-state index contributed by atoms with van der Waals surface area (Å²) >= 11 is 0. The fourth-order valence-corrected chi connectivity index (χ4v) is 1.87. The highest BCUT2D eigenvalue weighted by Gasteiger charge is 2.12. The second-order valence-electron chi connectivity index (χ2n) is 5.60. The Balaban J connectivity index is -0.000000179. The lowest BCUT2D eigenvalue weighted by atomic mass is 10.2. The smallest absolute Gasteiger partial charge is 0.822 e. The van der Waals surface area contributed by atoms with E-state index in [0.717, 1.165) is 0 Å². The van der Waals surface area contributed by atoms with Gasteiger partial charge in [-0.2, -0.15) is 7.82 Å². The summed E-state index contributed by atoms with van der Waals surface area (Å²) in [5.74, 6) is 0. The Morgan fingerprint density at radius 2 is 1.16 bits per heavy atom. The maximum absolute atomic E-state index is 8.55. The van der Waals surface area contributed by atoms with Crippen molar-refractivity contribution in [1.82, 2.24) is 0 Å². The van der Waals surface area contributed by atoms with Crippen molar-refractivity contribution >= 4 is 7.82 Å². The van der Waals surface area contributed by atoms with Crippen molar-refractivity contribution in [3.8, 4) is 0 Å². The molecule has 0 saturated heterocycles. The van der Waals surface area contributed by atoms with Gasteiger partial charge in [0.15, 0.2) is 0 Å². The van der Waals surface area contributed by atoms with Crippen LogP contribution in [0.1, 0.15) is 61.6 Å². The van der Waals surface area contributed by atoms with Gasteiger partial charge in [0, 0.05) is 0 Å². The van der Waals surface area contributed by atoms with Crippen LogP contribution in [0.2, 0.25) is 0 Å². The minimum atomic E-state index is -5.39. The lowest BCUT2D eigenvalue weighted by Gasteiger charge is -2.36. The third-order valence-electron chi connectivity index (χ3n) is 2.98. The maximum Gasteiger partial charge on any atom is 1.00 e. The van der Waals surface area contributed by atoms with E-state index in [9.17, 15) is 0 Å². The summed E-state index contributed by atoms with van der Waals surface area (Å²) in [6, 6.07) is 0. The van der Waals surface area contributed by atoms with Crippen LogP contribution in [-0.2, 0) is 4.57 Å². The number of nitrogens with zero attached hydrogens (tertiary/aromatic N) is 1. The number of rotatable bonds is 9. The van der Waals surface area contributed by atoms with E-state index >= 15 is 0 Å². The van der Waals surface area contributed by atoms with E-state index < -0.39 is 7.82 Å². The van der Waals surface area contributed by atoms with Crippen molar-refractivity contribution in [2.24, 2.45) is 0 Å². The first-order valence-electron chi connectivity index (χ1n) is 7.17. The number of quaternary nitrogens is 1. The number of phosphoric acid groups is 1. The van der Waals surface area contributed by atoms with Crippen molar-refractivity contribution < 1.29 is 26.6 Å². The SMILES string of the molecule is CCCCCC[N+](C)(C)CCCCC.O=P([O-])([O-])[O-].[H+].[H+]. The molecule has 0 rings (SSSR count). The molecule has 19 heavy (non-hydrogen) atoms. The molecular formula is C13H32NO4P. The summed E-state index contributed by atoms with van der Waals surface area (Å²) in [5.41, 5.74) is 0. The molecule has 0 spiro atoms. The maximum atomic E-state index is 8.55. The number of hydrogen-bond acceptors (Lipinski definition) is 4. The highest BCUT2D eigenvalue weighted by Crippen LogP contribution is 2.08. The summed E-state index contributed by atoms with van der Waals surface area (Å²) < 4.78 is 9.77. The molecule has 0 aromatic carbocycles. The van der Waals surface area contributed by atoms with Gasteiger partial charge in [-0.15, -0.1) is 0 Å². The molecule has 0 saturated carbocycles. The molecule has 0 amide bonds. The first-order chi connectivity index (χ1) is 8.62. The number of hydrogen-bond donors (Lipinski definition) is 0. The van der Waals surface area contributed by atoms with Gasteiger partial charge in [-0.25, -0.2) is 0 Å². The van der Waals surface area contributed by atoms with Gasteiger partial charge in [0.1, 0.15) is 0 Å². The normalized spacial score (nSPS) is 11.9. The first-order valence-corrected chi connectivity index (χ1v) is 8.63. The van der Waals surface area contributed by atoms with Crippen LogP contribution in [-0.4, -0.2) is 31.7 Å². The van der Waals surface area contributed by atoms with Crippen LogP contribution in [0.5, 0.6) is 0 Å². The Hall–Kier alpha value is 0.0700. The third-order valence-corrected chi connectivity index (χ3v) is 2.98. The van der Waals surface area contributed by atoms with E-state index in [2.05, 4.69) is 27.9 Å². The van der Waals surface area contributed by atoms with Crippen molar-refractivity contribution in [3.05, 3.63) is 0 Å². The van der Waals surface area contributed by atoms with Gasteiger partial charge >= 0.3 is 2.85 Å². The monoisotopic (exact) mass is 297 g/mol. The fraction of sp³-hybridized carbons (Fsp3) is 1.00. The summed E-state index contributed by atoms with van der Waals surface area (Å²) in [6.07, 6.45) is 9.74. The van der Waals surface area contributed by atoms with Crippen molar-refractivity contribution in [3.63, 3.8) is 0 Å². The molecule has 0 heterocycles. The summed E-state index contributed by atoms with van der Waals surface area (Å²) in [4.78, 5) is 25.6. The molecule has 0 aliphatic rings. The lowest BCUT2D eigenvalue weighted by Crippen LogP contribution is -2.41. The van der Waals surface area contributed by atoms with E-state index in [-0.39, 0.29) is 2.85 Å². The van der Waals surface area contributed by atoms with Crippen LogP contribution in [0.3, 0.4) is 0 Å². The lowest BCUT2D eigenvalue weighted by molar-refractivity contribution is -0.890. The van der Waals surface area contributed by atoms with Gasteiger partial charge in [-0.3, -0.25) is 0 Å². The fourth-order valence-electron chi connectivity index (χ4n) is 1.87. The average molecular weight is 297 g/mol. The molecule has 0 unspecified atom stereocenters. The van der Waals surface area contributed by atoms with Crippen LogP contribution in [0, 0.1) is 0 Å². The zero-order chi connectivity index (χ0) is 15.4. The second-order valence-corrected chi connectivity index (χ2v) is 6.49. The van der Waals surface area contributed by atoms with Gasteiger partial charge < -0.3 is 23.7 Å². The van der Waals surface area contributed by atoms with Crippen LogP contribution < -0.4 is 14.7 Å². The van der Waals surface area contributed by atoms with Crippen LogP contribution in [0.15, 0.2) is 0 Å². The van der Waals surface area contributed by atoms with Crippen LogP contribution in [0.25, 0.3) is 0 Å². The molecule has 0 aliphatic heterocycles. The Morgan fingerprint density at radius 3 is 1.53 bits per heavy atom. The van der Waals surface area contributed by atoms with E-state index in [1.165, 1.54) is 62.5 Å². The highest BCUT2D eigenvalue weighted by molar-refractivity contribution is 7.40. The first kappa shape index (κ1) is 21.4. The Kier molecular flexibility index (Phi) is 13.3. The van der Waals surface area contributed by atoms with Gasteiger partial charge in [0.2, 0.25) is 0 Å². The zero-order valence-electron chi connectivity index (χ0n) is 14.9. The zero-order valence-corrected chi connectivity index (χ0v) is 13.8. The molecule has 0 aromatic rings. The second kappa shape index (κ2) is 11.9. The topological polar surface area (TPSA) is 86.2 Å². The van der Waals surface area contributed by atoms with E-state index in [1.54, 1.807) is 0 Å². The van der Waals surface area contributed by atoms with Crippen LogP contribution >= 0.6 is 7.82 Å². The standard InChI is InChI=1S/C13H30N.H3O4P/c1-5-7-9-11-13-14(3,4)12-10-8-6-2;1-5(2,3)4/h5-13H2,1-4H3;(H3,1,2,3,4)/q+1;/p-1. The van der Waals surface area contributed by atoms with Crippen molar-refractivity contribution in [1.29, 1.82) is 0 Å². The minimum Gasteiger partial charge on any atom is -0.822 e. The molecule has 0 radical (unpaired) electrons. The van der Waals surface area contributed by atoms with Gasteiger partial charge in [-0.1, -0.05) is 33.1 Å². The summed E-state index contributed by atoms with van der Waals surface area (Å²) in [6.45, 7) is 7.28. The summed E-state index contributed by atoms with van der Waals surface area (Å²) in [5, 5.41) is 0. The predicted molar refractivity (Wildman–Crippen MR) is 75.3 cm³/mol. The molecule has 0 aliphatic carbocycles. The quantitative estimate of drug-likeness (QED) is 0.364. The molecule has 0 N–H and O–H groups in total. The minimum absolute atomic E-state index is 0. The molecule has 0 aromatic heterocycles. The summed E-state index contributed by atoms with van der Waals surface area (Å²) in [7, 11) is -0.636. The van der Waals surface area contributed by atoms with Crippen LogP contribution in [0.4, 0.5) is 0 Å². The molecular weight excluding hydrogens is 265 g/mol. The molecule has 5 nitrogen and oxygen atoms in total. The van der Waals surface area contributed by atoms with Gasteiger partial charge in [-0.05, 0) is 25.7 Å². The molecule has 0 fully saturated rings. The Morgan fingerprint density at radius 1 is 0.842 bits per heavy atom. The largest absolute Gasteiger partial charge is 1.00 e. The van der Waals surface area contributed by atoms with Gasteiger partial charge in [0.25, 0.3) is 0 Å². The molecule has 0 atom stereocenters. The Labute approximate surface area is 121 Å². The molecule has 118 valence electrons. The van der Waals surface area contributed by atoms with E-state index in [4.69, 9.17) is 19.2 Å². The third kappa shape index (κ3) is 27.3. The predicted octanol–water partition coefficient (Wildman–Crippen LogP) is 1.23. The molecule has 6 heteroatoms. The molecule has 0 bridgehead atoms. The van der Waals surface area contributed by atoms with Crippen molar-refractivity contribution in [2.45, 2.75) is 58.8 Å². The van der Waals surface area contributed by atoms with E-state index in [0.29, 0.717) is 0 Å².